The van der Waals surface area contributed by atoms with Crippen LogP contribution in [0.4, 0.5) is 13.2 Å². The molecule has 0 spiro atoms. The van der Waals surface area contributed by atoms with Gasteiger partial charge in [0.25, 0.3) is 0 Å². The predicted molar refractivity (Wildman–Crippen MR) is 109 cm³/mol. The van der Waals surface area contributed by atoms with Gasteiger partial charge in [-0.2, -0.15) is 13.2 Å². The third-order valence-corrected chi connectivity index (χ3v) is 4.36. The molecule has 30 heavy (non-hydrogen) atoms. The number of halogens is 3. The van der Waals surface area contributed by atoms with E-state index in [1.165, 1.54) is 0 Å². The van der Waals surface area contributed by atoms with Crippen molar-refractivity contribution < 1.29 is 22.4 Å². The summed E-state index contributed by atoms with van der Waals surface area (Å²) < 4.78 is 46.5. The summed E-state index contributed by atoms with van der Waals surface area (Å²) in [7, 11) is 0. The second kappa shape index (κ2) is 11.6. The topological polar surface area (TPSA) is 71.7 Å². The maximum Gasteiger partial charge on any atom is 0.411 e. The molecule has 0 fully saturated rings. The Bertz CT molecular complexity index is 780. The Hall–Kier alpha value is -2.55. The fourth-order valence-corrected chi connectivity index (χ4v) is 2.85. The first kappa shape index (κ1) is 23.7. The number of aliphatic imine (C=N–C) groups is 1. The number of benzene rings is 1. The van der Waals surface area contributed by atoms with Crippen molar-refractivity contribution in [2.24, 2.45) is 4.99 Å². The Morgan fingerprint density at radius 3 is 2.37 bits per heavy atom. The predicted octanol–water partition coefficient (Wildman–Crippen LogP) is 4.13. The molecule has 0 bridgehead atoms. The van der Waals surface area contributed by atoms with Gasteiger partial charge in [-0.15, -0.1) is 0 Å². The molecule has 1 heterocycles. The van der Waals surface area contributed by atoms with E-state index in [1.54, 1.807) is 12.1 Å². The lowest BCUT2D eigenvalue weighted by Crippen LogP contribution is -2.37. The molecule has 0 amide bonds. The Morgan fingerprint density at radius 1 is 1.07 bits per heavy atom. The second-order valence-corrected chi connectivity index (χ2v) is 6.71. The van der Waals surface area contributed by atoms with Crippen molar-refractivity contribution >= 4 is 5.96 Å². The van der Waals surface area contributed by atoms with Crippen molar-refractivity contribution in [2.45, 2.75) is 59.5 Å². The van der Waals surface area contributed by atoms with Gasteiger partial charge in [0.2, 0.25) is 0 Å². The minimum absolute atomic E-state index is 0.0779. The molecule has 0 aliphatic rings. The van der Waals surface area contributed by atoms with E-state index in [0.29, 0.717) is 31.2 Å². The number of aromatic nitrogens is 1. The lowest BCUT2D eigenvalue weighted by Gasteiger charge is -2.12. The molecule has 9 heteroatoms. The molecule has 0 radical (unpaired) electrons. The fourth-order valence-electron chi connectivity index (χ4n) is 2.85. The van der Waals surface area contributed by atoms with Crippen LogP contribution in [-0.4, -0.2) is 30.4 Å². The van der Waals surface area contributed by atoms with Crippen LogP contribution in [0.25, 0.3) is 0 Å². The van der Waals surface area contributed by atoms with Crippen LogP contribution in [0.3, 0.4) is 0 Å². The Labute approximate surface area is 174 Å². The lowest BCUT2D eigenvalue weighted by molar-refractivity contribution is -0.176. The molecule has 0 saturated carbocycles. The quantitative estimate of drug-likeness (QED) is 0.442. The summed E-state index contributed by atoms with van der Waals surface area (Å²) in [6, 6.07) is 7.17. The molecular formula is C21H29F3N4O2. The summed E-state index contributed by atoms with van der Waals surface area (Å²) in [6.45, 7) is 6.45. The van der Waals surface area contributed by atoms with Crippen LogP contribution >= 0.6 is 0 Å². The number of hydrogen-bond acceptors (Lipinski definition) is 4. The molecule has 1 aromatic heterocycles. The maximum absolute atomic E-state index is 12.1. The SMILES string of the molecule is CCNC(=NCc1ccc(COCC(F)(F)F)cc1)NCc1c(CC)noc1CC. The van der Waals surface area contributed by atoms with E-state index in [9.17, 15) is 13.2 Å². The molecule has 0 aliphatic heterocycles. The summed E-state index contributed by atoms with van der Waals surface area (Å²) in [6.07, 6.45) is -2.74. The third-order valence-electron chi connectivity index (χ3n) is 4.36. The lowest BCUT2D eigenvalue weighted by atomic mass is 10.1. The van der Waals surface area contributed by atoms with Crippen LogP contribution < -0.4 is 10.6 Å². The van der Waals surface area contributed by atoms with Crippen molar-refractivity contribution in [3.63, 3.8) is 0 Å². The molecule has 0 saturated heterocycles. The molecule has 0 unspecified atom stereocenters. The number of nitrogens with one attached hydrogen (secondary N) is 2. The van der Waals surface area contributed by atoms with Crippen LogP contribution in [0.1, 0.15) is 48.9 Å². The number of alkyl halides is 3. The number of rotatable bonds is 10. The third kappa shape index (κ3) is 7.70. The van der Waals surface area contributed by atoms with Crippen LogP contribution in [0.15, 0.2) is 33.8 Å². The number of ether oxygens (including phenoxy) is 1. The number of nitrogens with zero attached hydrogens (tertiary/aromatic N) is 2. The smallest absolute Gasteiger partial charge is 0.367 e. The minimum atomic E-state index is -4.31. The summed E-state index contributed by atoms with van der Waals surface area (Å²) >= 11 is 0. The molecule has 6 nitrogen and oxygen atoms in total. The van der Waals surface area contributed by atoms with Gasteiger partial charge in [0.05, 0.1) is 18.8 Å². The van der Waals surface area contributed by atoms with Gasteiger partial charge in [-0.3, -0.25) is 0 Å². The maximum atomic E-state index is 12.1. The van der Waals surface area contributed by atoms with Gasteiger partial charge in [-0.1, -0.05) is 43.3 Å². The molecule has 0 atom stereocenters. The molecule has 0 aliphatic carbocycles. The van der Waals surface area contributed by atoms with Crippen molar-refractivity contribution in [1.29, 1.82) is 0 Å². The molecule has 2 aromatic rings. The molecule has 1 aromatic carbocycles. The number of aryl methyl sites for hydroxylation is 2. The van der Waals surface area contributed by atoms with Crippen LogP contribution in [0.2, 0.25) is 0 Å². The first-order chi connectivity index (χ1) is 14.4. The standard InChI is InChI=1S/C21H29F3N4O2/c1-4-18-17(19(5-2)30-28-18)12-27-20(25-6-3)26-11-15-7-9-16(10-8-15)13-29-14-21(22,23)24/h7-10H,4-6,11-14H2,1-3H3,(H2,25,26,27). The van der Waals surface area contributed by atoms with Gasteiger partial charge in [0, 0.05) is 25.1 Å². The average Bonchev–Trinajstić information content (AvgIpc) is 3.12. The average molecular weight is 426 g/mol. The van der Waals surface area contributed by atoms with E-state index in [4.69, 9.17) is 4.52 Å². The Morgan fingerprint density at radius 2 is 1.77 bits per heavy atom. The largest absolute Gasteiger partial charge is 0.411 e. The zero-order chi connectivity index (χ0) is 22.0. The Balaban J connectivity index is 1.93. The molecular weight excluding hydrogens is 397 g/mol. The highest BCUT2D eigenvalue weighted by Gasteiger charge is 2.27. The van der Waals surface area contributed by atoms with E-state index >= 15 is 0 Å². The highest BCUT2D eigenvalue weighted by atomic mass is 19.4. The van der Waals surface area contributed by atoms with E-state index in [2.05, 4.69) is 25.5 Å². The van der Waals surface area contributed by atoms with Gasteiger partial charge in [-0.25, -0.2) is 4.99 Å². The molecule has 166 valence electrons. The highest BCUT2D eigenvalue weighted by Crippen LogP contribution is 2.17. The second-order valence-electron chi connectivity index (χ2n) is 6.71. The first-order valence-corrected chi connectivity index (χ1v) is 10.1. The first-order valence-electron chi connectivity index (χ1n) is 10.1. The van der Waals surface area contributed by atoms with Crippen molar-refractivity contribution in [1.82, 2.24) is 15.8 Å². The summed E-state index contributed by atoms with van der Waals surface area (Å²) in [4.78, 5) is 4.58. The van der Waals surface area contributed by atoms with E-state index < -0.39 is 12.8 Å². The zero-order valence-electron chi connectivity index (χ0n) is 17.6. The van der Waals surface area contributed by atoms with Crippen LogP contribution in [-0.2, 0) is 37.3 Å². The highest BCUT2D eigenvalue weighted by molar-refractivity contribution is 5.79. The summed E-state index contributed by atoms with van der Waals surface area (Å²) in [5.74, 6) is 1.54. The van der Waals surface area contributed by atoms with Gasteiger partial charge in [0.15, 0.2) is 5.96 Å². The van der Waals surface area contributed by atoms with Gasteiger partial charge >= 0.3 is 6.18 Å². The van der Waals surface area contributed by atoms with Crippen molar-refractivity contribution in [3.8, 4) is 0 Å². The minimum Gasteiger partial charge on any atom is -0.367 e. The van der Waals surface area contributed by atoms with Crippen molar-refractivity contribution in [2.75, 3.05) is 13.2 Å². The fraction of sp³-hybridized carbons (Fsp3) is 0.524. The Kier molecular flexibility index (Phi) is 9.16. The normalized spacial score (nSPS) is 12.3. The monoisotopic (exact) mass is 426 g/mol. The number of guanidine groups is 1. The van der Waals surface area contributed by atoms with Gasteiger partial charge in [0.1, 0.15) is 12.4 Å². The van der Waals surface area contributed by atoms with Gasteiger partial charge < -0.3 is 19.9 Å². The van der Waals surface area contributed by atoms with Gasteiger partial charge in [-0.05, 0) is 24.5 Å². The van der Waals surface area contributed by atoms with E-state index in [0.717, 1.165) is 35.4 Å². The van der Waals surface area contributed by atoms with Crippen LogP contribution in [0.5, 0.6) is 0 Å². The van der Waals surface area contributed by atoms with E-state index in [-0.39, 0.29) is 6.61 Å². The van der Waals surface area contributed by atoms with Crippen molar-refractivity contribution in [3.05, 3.63) is 52.4 Å². The number of hydrogen-bond donors (Lipinski definition) is 2. The summed E-state index contributed by atoms with van der Waals surface area (Å²) in [5.41, 5.74) is 3.64. The van der Waals surface area contributed by atoms with E-state index in [1.807, 2.05) is 32.9 Å². The van der Waals surface area contributed by atoms with Crippen LogP contribution in [0, 0.1) is 0 Å². The molecule has 2 N–H and O–H groups in total. The molecule has 2 rings (SSSR count). The zero-order valence-corrected chi connectivity index (χ0v) is 17.6. The summed E-state index contributed by atoms with van der Waals surface area (Å²) in [5, 5.41) is 10.6.